The molecule has 0 unspecified atom stereocenters. The second kappa shape index (κ2) is 8.67. The summed E-state index contributed by atoms with van der Waals surface area (Å²) in [6, 6.07) is 14.1. The van der Waals surface area contributed by atoms with Crippen molar-refractivity contribution in [2.24, 2.45) is 0 Å². The average Bonchev–Trinajstić information content (AvgIpc) is 3.14. The molecule has 3 aromatic rings. The molecule has 1 saturated heterocycles. The predicted octanol–water partition coefficient (Wildman–Crippen LogP) is 5.93. The molecule has 0 amide bonds. The van der Waals surface area contributed by atoms with E-state index in [1.165, 1.54) is 11.1 Å². The third kappa shape index (κ3) is 3.95. The van der Waals surface area contributed by atoms with Gasteiger partial charge in [0.1, 0.15) is 0 Å². The Morgan fingerprint density at radius 2 is 1.97 bits per heavy atom. The van der Waals surface area contributed by atoms with Gasteiger partial charge >= 0.3 is 0 Å². The molecule has 4 heterocycles. The van der Waals surface area contributed by atoms with Crippen molar-refractivity contribution < 1.29 is 0 Å². The van der Waals surface area contributed by atoms with Crippen molar-refractivity contribution in [1.29, 1.82) is 0 Å². The van der Waals surface area contributed by atoms with Crippen molar-refractivity contribution in [3.05, 3.63) is 94.5 Å². The molecular formula is C27H28ClN5S. The number of hydrogen-bond acceptors (Lipinski definition) is 4. The van der Waals surface area contributed by atoms with Gasteiger partial charge in [0.05, 0.1) is 23.3 Å². The van der Waals surface area contributed by atoms with Crippen molar-refractivity contribution >= 4 is 40.2 Å². The average molecular weight is 490 g/mol. The molecule has 1 aromatic carbocycles. The van der Waals surface area contributed by atoms with Crippen LogP contribution in [0.4, 0.5) is 5.69 Å². The fourth-order valence-corrected chi connectivity index (χ4v) is 5.59. The minimum Gasteiger partial charge on any atom is -0.365 e. The predicted molar refractivity (Wildman–Crippen MR) is 143 cm³/mol. The summed E-state index contributed by atoms with van der Waals surface area (Å²) in [5.74, 6) is 0. The Kier molecular flexibility index (Phi) is 5.82. The Bertz CT molecular complexity index is 1260. The molecule has 5 rings (SSSR count). The highest BCUT2D eigenvalue weighted by Gasteiger charge is 2.41. The van der Waals surface area contributed by atoms with Gasteiger partial charge in [-0.05, 0) is 80.0 Å². The molecule has 174 valence electrons. The van der Waals surface area contributed by atoms with Gasteiger partial charge in [-0.1, -0.05) is 29.8 Å². The number of anilines is 1. The normalized spacial score (nSPS) is 21.2. The Morgan fingerprint density at radius 3 is 2.68 bits per heavy atom. The maximum Gasteiger partial charge on any atom is 0.170 e. The highest BCUT2D eigenvalue weighted by Crippen LogP contribution is 2.47. The van der Waals surface area contributed by atoms with Gasteiger partial charge in [0.2, 0.25) is 0 Å². The van der Waals surface area contributed by atoms with Crippen LogP contribution in [-0.4, -0.2) is 32.6 Å². The number of hydrogen-bond donors (Lipinski definition) is 1. The van der Waals surface area contributed by atoms with Gasteiger partial charge in [-0.3, -0.25) is 9.97 Å². The highest BCUT2D eigenvalue weighted by atomic mass is 35.5. The van der Waals surface area contributed by atoms with Crippen LogP contribution in [0.5, 0.6) is 0 Å². The number of nitrogens with zero attached hydrogens (tertiary/aromatic N) is 4. The van der Waals surface area contributed by atoms with Gasteiger partial charge in [-0.15, -0.1) is 0 Å². The SMILES string of the molecule is CC1=CC(C)(C)N(C)c2cc(Cl)c([C@H]3[C@H](c4ccccn4)NC(=S)N3Cc3cccnc3)cc21. The number of fused-ring (bicyclic) bond motifs is 1. The van der Waals surface area contributed by atoms with E-state index >= 15 is 0 Å². The quantitative estimate of drug-likeness (QED) is 0.458. The fraction of sp³-hybridized carbons (Fsp3) is 0.296. The lowest BCUT2D eigenvalue weighted by molar-refractivity contribution is 0.311. The number of nitrogens with one attached hydrogen (secondary N) is 1. The minimum atomic E-state index is -0.122. The molecule has 2 aliphatic heterocycles. The van der Waals surface area contributed by atoms with Crippen LogP contribution < -0.4 is 10.2 Å². The van der Waals surface area contributed by atoms with E-state index in [2.05, 4.69) is 77.2 Å². The van der Waals surface area contributed by atoms with E-state index in [4.69, 9.17) is 23.8 Å². The van der Waals surface area contributed by atoms with Gasteiger partial charge in [0.15, 0.2) is 5.11 Å². The summed E-state index contributed by atoms with van der Waals surface area (Å²) in [5, 5.41) is 4.93. The van der Waals surface area contributed by atoms with Crippen molar-refractivity contribution in [2.75, 3.05) is 11.9 Å². The van der Waals surface area contributed by atoms with Crippen LogP contribution in [0, 0.1) is 0 Å². The Morgan fingerprint density at radius 1 is 1.15 bits per heavy atom. The molecule has 0 bridgehead atoms. The molecule has 0 spiro atoms. The van der Waals surface area contributed by atoms with Crippen LogP contribution in [0.1, 0.15) is 55.2 Å². The van der Waals surface area contributed by atoms with E-state index in [1.54, 1.807) is 6.20 Å². The van der Waals surface area contributed by atoms with E-state index in [9.17, 15) is 0 Å². The lowest BCUT2D eigenvalue weighted by Crippen LogP contribution is -2.42. The van der Waals surface area contributed by atoms with E-state index in [1.807, 2.05) is 36.7 Å². The number of halogens is 1. The number of likely N-dealkylation sites (N-methyl/N-ethyl adjacent to an activating group) is 1. The van der Waals surface area contributed by atoms with Gasteiger partial charge in [-0.2, -0.15) is 0 Å². The fourth-order valence-electron chi connectivity index (χ4n) is 5.02. The highest BCUT2D eigenvalue weighted by molar-refractivity contribution is 7.80. The third-order valence-electron chi connectivity index (χ3n) is 6.93. The summed E-state index contributed by atoms with van der Waals surface area (Å²) in [4.78, 5) is 13.4. The first-order valence-electron chi connectivity index (χ1n) is 11.4. The van der Waals surface area contributed by atoms with Crippen LogP contribution in [0.15, 0.2) is 67.1 Å². The lowest BCUT2D eigenvalue weighted by Gasteiger charge is -2.41. The molecule has 2 aromatic heterocycles. The molecule has 0 radical (unpaired) electrons. The van der Waals surface area contributed by atoms with E-state index < -0.39 is 0 Å². The minimum absolute atomic E-state index is 0.0821. The van der Waals surface area contributed by atoms with Crippen LogP contribution in [-0.2, 0) is 6.54 Å². The van der Waals surface area contributed by atoms with Crippen LogP contribution in [0.2, 0.25) is 5.02 Å². The Balaban J connectivity index is 1.64. The van der Waals surface area contributed by atoms with Gasteiger partial charge in [0, 0.05) is 48.5 Å². The van der Waals surface area contributed by atoms with E-state index in [0.717, 1.165) is 27.5 Å². The molecule has 1 N–H and O–H groups in total. The maximum atomic E-state index is 7.04. The summed E-state index contributed by atoms with van der Waals surface area (Å²) >= 11 is 12.9. The van der Waals surface area contributed by atoms with Crippen LogP contribution in [0.3, 0.4) is 0 Å². The molecule has 2 aliphatic rings. The van der Waals surface area contributed by atoms with E-state index in [-0.39, 0.29) is 17.6 Å². The molecule has 2 atom stereocenters. The number of allylic oxidation sites excluding steroid dienone is 1. The molecule has 1 fully saturated rings. The topological polar surface area (TPSA) is 44.3 Å². The molecule has 0 saturated carbocycles. The number of aromatic nitrogens is 2. The number of benzene rings is 1. The molecule has 5 nitrogen and oxygen atoms in total. The first-order valence-corrected chi connectivity index (χ1v) is 12.2. The number of pyridine rings is 2. The standard InChI is InChI=1S/C27H28ClN5S/c1-17-14-27(2,3)32(4)23-13-21(28)20(12-19(17)23)25-24(22-9-5-6-11-30-22)31-26(34)33(25)16-18-8-7-10-29-15-18/h5-15,24-25H,16H2,1-4H3,(H,31,34)/t24-,25-/m0/s1. The summed E-state index contributed by atoms with van der Waals surface area (Å²) in [5.41, 5.74) is 6.56. The molecule has 7 heteroatoms. The molecular weight excluding hydrogens is 462 g/mol. The zero-order chi connectivity index (χ0) is 24.0. The van der Waals surface area contributed by atoms with Crippen molar-refractivity contribution in [2.45, 2.75) is 44.9 Å². The maximum absolute atomic E-state index is 7.04. The Hall–Kier alpha value is -2.96. The summed E-state index contributed by atoms with van der Waals surface area (Å²) in [7, 11) is 2.12. The van der Waals surface area contributed by atoms with Crippen LogP contribution in [0.25, 0.3) is 5.57 Å². The Labute approximate surface area is 211 Å². The van der Waals surface area contributed by atoms with Crippen LogP contribution >= 0.6 is 23.8 Å². The van der Waals surface area contributed by atoms with Crippen molar-refractivity contribution in [3.63, 3.8) is 0 Å². The van der Waals surface area contributed by atoms with Gasteiger partial charge in [-0.25, -0.2) is 0 Å². The second-order valence-electron chi connectivity index (χ2n) is 9.55. The first-order chi connectivity index (χ1) is 16.3. The lowest BCUT2D eigenvalue weighted by atomic mass is 9.86. The smallest absolute Gasteiger partial charge is 0.170 e. The molecule has 0 aliphatic carbocycles. The zero-order valence-electron chi connectivity index (χ0n) is 19.8. The number of rotatable bonds is 4. The first kappa shape index (κ1) is 22.8. The summed E-state index contributed by atoms with van der Waals surface area (Å²) < 4.78 is 0. The zero-order valence-corrected chi connectivity index (χ0v) is 21.4. The van der Waals surface area contributed by atoms with Gasteiger partial charge in [0.25, 0.3) is 0 Å². The summed E-state index contributed by atoms with van der Waals surface area (Å²) in [6.07, 6.45) is 7.80. The van der Waals surface area contributed by atoms with Crippen molar-refractivity contribution in [3.8, 4) is 0 Å². The van der Waals surface area contributed by atoms with E-state index in [0.29, 0.717) is 11.7 Å². The second-order valence-corrected chi connectivity index (χ2v) is 10.3. The molecule has 34 heavy (non-hydrogen) atoms. The monoisotopic (exact) mass is 489 g/mol. The summed E-state index contributed by atoms with van der Waals surface area (Å²) in [6.45, 7) is 7.23. The number of thiocarbonyl (C=S) groups is 1. The van der Waals surface area contributed by atoms with Gasteiger partial charge < -0.3 is 15.1 Å². The third-order valence-corrected chi connectivity index (χ3v) is 7.61. The van der Waals surface area contributed by atoms with Crippen molar-refractivity contribution in [1.82, 2.24) is 20.2 Å². The largest absolute Gasteiger partial charge is 0.365 e.